The van der Waals surface area contributed by atoms with Crippen LogP contribution in [0.3, 0.4) is 0 Å². The first kappa shape index (κ1) is 25.8. The van der Waals surface area contributed by atoms with Crippen molar-refractivity contribution in [3.8, 4) is 17.2 Å². The SMILES string of the molecule is CCS(=O)C1CCCC(NC(=NC)NCc2cc(OC)c(OC)c(OC)c2)C1.I. The molecule has 0 heterocycles. The molecule has 1 aliphatic carbocycles. The average molecular weight is 539 g/mol. The van der Waals surface area contributed by atoms with Gasteiger partial charge in [-0.15, -0.1) is 24.0 Å². The van der Waals surface area contributed by atoms with Crippen LogP contribution in [0.25, 0.3) is 0 Å². The lowest BCUT2D eigenvalue weighted by Gasteiger charge is -2.30. The quantitative estimate of drug-likeness (QED) is 0.300. The first-order valence-electron chi connectivity index (χ1n) is 9.69. The van der Waals surface area contributed by atoms with E-state index in [2.05, 4.69) is 15.6 Å². The molecular weight excluding hydrogens is 505 g/mol. The van der Waals surface area contributed by atoms with Crippen LogP contribution in [0, 0.1) is 0 Å². The molecule has 1 aliphatic rings. The van der Waals surface area contributed by atoms with E-state index in [0.717, 1.165) is 43.0 Å². The molecule has 9 heteroatoms. The summed E-state index contributed by atoms with van der Waals surface area (Å²) in [5.41, 5.74) is 0.992. The van der Waals surface area contributed by atoms with Crippen molar-refractivity contribution in [2.24, 2.45) is 4.99 Å². The first-order valence-corrected chi connectivity index (χ1v) is 11.1. The molecule has 7 nitrogen and oxygen atoms in total. The highest BCUT2D eigenvalue weighted by Gasteiger charge is 2.26. The fraction of sp³-hybridized carbons (Fsp3) is 0.650. The highest BCUT2D eigenvalue weighted by Crippen LogP contribution is 2.38. The predicted octanol–water partition coefficient (Wildman–Crippen LogP) is 3.08. The number of hydrogen-bond donors (Lipinski definition) is 2. The average Bonchev–Trinajstić information content (AvgIpc) is 2.75. The summed E-state index contributed by atoms with van der Waals surface area (Å²) in [6.45, 7) is 2.55. The maximum Gasteiger partial charge on any atom is 0.203 e. The number of nitrogens with zero attached hydrogens (tertiary/aromatic N) is 1. The van der Waals surface area contributed by atoms with Gasteiger partial charge in [0.1, 0.15) is 0 Å². The Balaban J connectivity index is 0.00000420. The highest BCUT2D eigenvalue weighted by molar-refractivity contribution is 14.0. The van der Waals surface area contributed by atoms with Crippen LogP contribution in [0.15, 0.2) is 17.1 Å². The fourth-order valence-corrected chi connectivity index (χ4v) is 4.91. The Morgan fingerprint density at radius 1 is 1.17 bits per heavy atom. The summed E-state index contributed by atoms with van der Waals surface area (Å²) in [5, 5.41) is 7.11. The molecule has 0 bridgehead atoms. The van der Waals surface area contributed by atoms with E-state index in [0.29, 0.717) is 29.8 Å². The Hall–Kier alpha value is -1.23. The topological polar surface area (TPSA) is 81.2 Å². The zero-order chi connectivity index (χ0) is 20.5. The number of nitrogens with one attached hydrogen (secondary N) is 2. The van der Waals surface area contributed by atoms with E-state index in [1.165, 1.54) is 0 Å². The van der Waals surface area contributed by atoms with E-state index >= 15 is 0 Å². The normalized spacial score (nSPS) is 20.2. The monoisotopic (exact) mass is 539 g/mol. The molecule has 1 aromatic carbocycles. The third-order valence-corrected chi connectivity index (χ3v) is 6.77. The van der Waals surface area contributed by atoms with Gasteiger partial charge in [0.05, 0.1) is 21.3 Å². The van der Waals surface area contributed by atoms with Crippen molar-refractivity contribution in [3.63, 3.8) is 0 Å². The van der Waals surface area contributed by atoms with Gasteiger partial charge < -0.3 is 24.8 Å². The smallest absolute Gasteiger partial charge is 0.203 e. The highest BCUT2D eigenvalue weighted by atomic mass is 127. The summed E-state index contributed by atoms with van der Waals surface area (Å²) in [6, 6.07) is 4.13. The molecule has 0 amide bonds. The molecule has 2 rings (SSSR count). The van der Waals surface area contributed by atoms with Gasteiger partial charge in [0.25, 0.3) is 0 Å². The van der Waals surface area contributed by atoms with Crippen molar-refractivity contribution in [1.29, 1.82) is 0 Å². The number of methoxy groups -OCH3 is 3. The lowest BCUT2D eigenvalue weighted by molar-refractivity contribution is 0.323. The van der Waals surface area contributed by atoms with Crippen LogP contribution in [0.5, 0.6) is 17.2 Å². The molecule has 0 aliphatic heterocycles. The minimum atomic E-state index is -0.735. The van der Waals surface area contributed by atoms with Crippen molar-refractivity contribution in [2.45, 2.75) is 50.4 Å². The summed E-state index contributed by atoms with van der Waals surface area (Å²) in [4.78, 5) is 4.34. The molecule has 1 aromatic rings. The molecule has 0 spiro atoms. The van der Waals surface area contributed by atoms with E-state index < -0.39 is 10.8 Å². The van der Waals surface area contributed by atoms with Crippen molar-refractivity contribution in [3.05, 3.63) is 17.7 Å². The second-order valence-corrected chi connectivity index (χ2v) is 8.76. The van der Waals surface area contributed by atoms with Gasteiger partial charge in [-0.1, -0.05) is 13.3 Å². The van der Waals surface area contributed by atoms with Crippen molar-refractivity contribution in [2.75, 3.05) is 34.1 Å². The van der Waals surface area contributed by atoms with Crippen molar-refractivity contribution in [1.82, 2.24) is 10.6 Å². The van der Waals surface area contributed by atoms with Crippen LogP contribution in [0.4, 0.5) is 0 Å². The summed E-state index contributed by atoms with van der Waals surface area (Å²) in [7, 11) is 5.83. The summed E-state index contributed by atoms with van der Waals surface area (Å²) < 4.78 is 28.3. The number of rotatable bonds is 8. The zero-order valence-electron chi connectivity index (χ0n) is 17.9. The number of guanidine groups is 1. The number of benzene rings is 1. The minimum absolute atomic E-state index is 0. The van der Waals surface area contributed by atoms with Crippen LogP contribution < -0.4 is 24.8 Å². The maximum atomic E-state index is 12.2. The van der Waals surface area contributed by atoms with Crippen LogP contribution in [0.1, 0.15) is 38.2 Å². The zero-order valence-corrected chi connectivity index (χ0v) is 21.1. The summed E-state index contributed by atoms with van der Waals surface area (Å²) >= 11 is 0. The molecule has 3 atom stereocenters. The number of ether oxygens (including phenoxy) is 3. The van der Waals surface area contributed by atoms with Gasteiger partial charge in [-0.3, -0.25) is 9.20 Å². The predicted molar refractivity (Wildman–Crippen MR) is 130 cm³/mol. The second-order valence-electron chi connectivity index (χ2n) is 6.76. The van der Waals surface area contributed by atoms with Gasteiger partial charge in [0.15, 0.2) is 17.5 Å². The molecule has 0 aromatic heterocycles. The first-order chi connectivity index (χ1) is 13.6. The molecule has 2 N–H and O–H groups in total. The van der Waals surface area contributed by atoms with Gasteiger partial charge in [-0.05, 0) is 37.0 Å². The van der Waals surface area contributed by atoms with Crippen molar-refractivity contribution >= 4 is 40.7 Å². The molecule has 1 saturated carbocycles. The van der Waals surface area contributed by atoms with Gasteiger partial charge in [-0.25, -0.2) is 0 Å². The third kappa shape index (κ3) is 7.20. The molecule has 3 unspecified atom stereocenters. The van der Waals surface area contributed by atoms with E-state index in [-0.39, 0.29) is 29.2 Å². The number of aliphatic imine (C=N–C) groups is 1. The Morgan fingerprint density at radius 3 is 2.34 bits per heavy atom. The Bertz CT molecular complexity index is 677. The molecule has 166 valence electrons. The lowest BCUT2D eigenvalue weighted by Crippen LogP contribution is -2.46. The Kier molecular flexibility index (Phi) is 11.7. The minimum Gasteiger partial charge on any atom is -0.493 e. The lowest BCUT2D eigenvalue weighted by atomic mass is 9.95. The van der Waals surface area contributed by atoms with E-state index in [9.17, 15) is 4.21 Å². The van der Waals surface area contributed by atoms with Gasteiger partial charge in [0.2, 0.25) is 5.75 Å². The van der Waals surface area contributed by atoms with Gasteiger partial charge in [0, 0.05) is 41.4 Å². The van der Waals surface area contributed by atoms with Gasteiger partial charge in [-0.2, -0.15) is 0 Å². The van der Waals surface area contributed by atoms with Crippen LogP contribution in [-0.4, -0.2) is 55.6 Å². The second kappa shape index (κ2) is 13.1. The van der Waals surface area contributed by atoms with Crippen LogP contribution >= 0.6 is 24.0 Å². The van der Waals surface area contributed by atoms with Gasteiger partial charge >= 0.3 is 0 Å². The number of hydrogen-bond acceptors (Lipinski definition) is 5. The van der Waals surface area contributed by atoms with Crippen LogP contribution in [0.2, 0.25) is 0 Å². The van der Waals surface area contributed by atoms with Crippen LogP contribution in [-0.2, 0) is 17.3 Å². The van der Waals surface area contributed by atoms with E-state index in [4.69, 9.17) is 14.2 Å². The number of halogens is 1. The third-order valence-electron chi connectivity index (χ3n) is 5.03. The Labute approximate surface area is 193 Å². The van der Waals surface area contributed by atoms with E-state index in [1.54, 1.807) is 28.4 Å². The maximum absolute atomic E-state index is 12.2. The fourth-order valence-electron chi connectivity index (χ4n) is 3.56. The Morgan fingerprint density at radius 2 is 1.83 bits per heavy atom. The molecule has 29 heavy (non-hydrogen) atoms. The molecule has 1 fully saturated rings. The summed E-state index contributed by atoms with van der Waals surface area (Å²) in [5.74, 6) is 3.29. The standard InChI is InChI=1S/C20H33N3O4S.HI/c1-6-28(24)16-9-7-8-15(12-16)23-20(21-2)22-13-14-10-17(25-3)19(27-5)18(11-14)26-4;/h10-11,15-16H,6-9,12-13H2,1-5H3,(H2,21,22,23);1H. The van der Waals surface area contributed by atoms with E-state index in [1.807, 2.05) is 19.1 Å². The molecular formula is C20H34IN3O4S. The molecule has 0 saturated heterocycles. The molecule has 0 radical (unpaired) electrons. The summed E-state index contributed by atoms with van der Waals surface area (Å²) in [6.07, 6.45) is 4.14. The van der Waals surface area contributed by atoms with Crippen molar-refractivity contribution < 1.29 is 18.4 Å². The largest absolute Gasteiger partial charge is 0.493 e.